The summed E-state index contributed by atoms with van der Waals surface area (Å²) in [6.07, 6.45) is 0.970. The molecular formula is C17H26ClNO. The second kappa shape index (κ2) is 6.73. The fourth-order valence-electron chi connectivity index (χ4n) is 1.98. The van der Waals surface area contributed by atoms with Gasteiger partial charge in [0.15, 0.2) is 5.78 Å². The molecule has 1 unspecified atom stereocenters. The fourth-order valence-corrected chi connectivity index (χ4v) is 2.16. The average molecular weight is 296 g/mol. The Balaban J connectivity index is 3.02. The van der Waals surface area contributed by atoms with Crippen molar-refractivity contribution in [1.29, 1.82) is 0 Å². The molecule has 0 saturated heterocycles. The van der Waals surface area contributed by atoms with Crippen molar-refractivity contribution in [3.05, 3.63) is 34.3 Å². The van der Waals surface area contributed by atoms with Crippen molar-refractivity contribution >= 4 is 17.4 Å². The molecule has 0 aliphatic carbocycles. The second-order valence-electron chi connectivity index (χ2n) is 6.43. The van der Waals surface area contributed by atoms with Crippen molar-refractivity contribution < 1.29 is 4.79 Å². The van der Waals surface area contributed by atoms with Gasteiger partial charge in [0.1, 0.15) is 0 Å². The van der Waals surface area contributed by atoms with Gasteiger partial charge in [-0.1, -0.05) is 44.5 Å². The molecule has 20 heavy (non-hydrogen) atoms. The zero-order valence-corrected chi connectivity index (χ0v) is 14.1. The Kier molecular flexibility index (Phi) is 5.79. The Labute approximate surface area is 127 Å². The molecule has 0 aliphatic heterocycles. The van der Waals surface area contributed by atoms with Crippen LogP contribution in [0.3, 0.4) is 0 Å². The van der Waals surface area contributed by atoms with Gasteiger partial charge in [-0.15, -0.1) is 0 Å². The van der Waals surface area contributed by atoms with Gasteiger partial charge in [-0.3, -0.25) is 4.79 Å². The molecule has 0 heterocycles. The van der Waals surface area contributed by atoms with Crippen LogP contribution in [0.25, 0.3) is 0 Å². The van der Waals surface area contributed by atoms with Gasteiger partial charge in [0.2, 0.25) is 0 Å². The third kappa shape index (κ3) is 4.32. The van der Waals surface area contributed by atoms with E-state index in [4.69, 9.17) is 11.6 Å². The third-order valence-electron chi connectivity index (χ3n) is 3.84. The van der Waals surface area contributed by atoms with Crippen LogP contribution in [0.4, 0.5) is 0 Å². The van der Waals surface area contributed by atoms with E-state index >= 15 is 0 Å². The molecule has 1 aromatic carbocycles. The number of hydrogen-bond acceptors (Lipinski definition) is 2. The zero-order chi connectivity index (χ0) is 15.5. The van der Waals surface area contributed by atoms with Crippen LogP contribution in [-0.2, 0) is 0 Å². The first-order valence-corrected chi connectivity index (χ1v) is 7.64. The largest absolute Gasteiger partial charge is 0.302 e. The molecule has 112 valence electrons. The molecule has 0 amide bonds. The monoisotopic (exact) mass is 295 g/mol. The van der Waals surface area contributed by atoms with E-state index in [1.54, 1.807) is 6.07 Å². The van der Waals surface area contributed by atoms with Crippen LogP contribution in [0.1, 0.15) is 57.0 Å². The van der Waals surface area contributed by atoms with Gasteiger partial charge in [-0.25, -0.2) is 0 Å². The number of ketones is 1. The van der Waals surface area contributed by atoms with E-state index in [2.05, 4.69) is 39.9 Å². The van der Waals surface area contributed by atoms with Crippen molar-refractivity contribution in [2.45, 2.75) is 59.5 Å². The molecule has 0 radical (unpaired) electrons. The topological polar surface area (TPSA) is 29.1 Å². The van der Waals surface area contributed by atoms with Crippen molar-refractivity contribution in [1.82, 2.24) is 5.32 Å². The summed E-state index contributed by atoms with van der Waals surface area (Å²) in [6.45, 7) is 12.4. The van der Waals surface area contributed by atoms with E-state index in [-0.39, 0.29) is 23.3 Å². The van der Waals surface area contributed by atoms with E-state index in [1.807, 2.05) is 19.1 Å². The lowest BCUT2D eigenvalue weighted by Crippen LogP contribution is -2.51. The first-order valence-electron chi connectivity index (χ1n) is 7.26. The molecule has 0 spiro atoms. The van der Waals surface area contributed by atoms with Crippen LogP contribution in [0.5, 0.6) is 0 Å². The molecule has 3 heteroatoms. The Morgan fingerprint density at radius 2 is 1.95 bits per heavy atom. The van der Waals surface area contributed by atoms with Gasteiger partial charge in [-0.05, 0) is 44.7 Å². The smallest absolute Gasteiger partial charge is 0.180 e. The molecule has 0 aromatic heterocycles. The number of aryl methyl sites for hydroxylation is 1. The minimum absolute atomic E-state index is 0.0565. The molecular weight excluding hydrogens is 270 g/mol. The molecule has 0 bridgehead atoms. The van der Waals surface area contributed by atoms with E-state index in [0.29, 0.717) is 10.6 Å². The number of benzene rings is 1. The van der Waals surface area contributed by atoms with Crippen LogP contribution in [0.2, 0.25) is 5.02 Å². The van der Waals surface area contributed by atoms with Crippen molar-refractivity contribution in [2.75, 3.05) is 0 Å². The normalized spacial score (nSPS) is 13.6. The Bertz CT molecular complexity index is 480. The summed E-state index contributed by atoms with van der Waals surface area (Å²) in [6, 6.07) is 5.34. The number of nitrogens with one attached hydrogen (secondary N) is 1. The number of rotatable bonds is 6. The number of Topliss-reactive ketones (excluding diaryl/α,β-unsaturated/α-hetero) is 1. The minimum atomic E-state index is -0.191. The number of hydrogen-bond donors (Lipinski definition) is 1. The lowest BCUT2D eigenvalue weighted by atomic mass is 9.90. The van der Waals surface area contributed by atoms with E-state index in [0.717, 1.165) is 12.0 Å². The van der Waals surface area contributed by atoms with E-state index < -0.39 is 0 Å². The Morgan fingerprint density at radius 3 is 2.40 bits per heavy atom. The summed E-state index contributed by atoms with van der Waals surface area (Å²) in [5, 5.41) is 4.13. The lowest BCUT2D eigenvalue weighted by molar-refractivity contribution is 0.0890. The molecule has 1 atom stereocenters. The van der Waals surface area contributed by atoms with Crippen LogP contribution in [0, 0.1) is 12.8 Å². The fraction of sp³-hybridized carbons (Fsp3) is 0.588. The summed E-state index contributed by atoms with van der Waals surface area (Å²) < 4.78 is 0. The standard InChI is InChI=1S/C17H26ClNO/c1-7-17(5,6)19-15(11(2)3)16(20)13-9-8-12(4)14(18)10-13/h8-11,15,19H,7H2,1-6H3. The van der Waals surface area contributed by atoms with E-state index in [1.165, 1.54) is 0 Å². The van der Waals surface area contributed by atoms with Crippen LogP contribution in [0.15, 0.2) is 18.2 Å². The molecule has 0 saturated carbocycles. The first-order chi connectivity index (χ1) is 9.18. The zero-order valence-electron chi connectivity index (χ0n) is 13.4. The summed E-state index contributed by atoms with van der Waals surface area (Å²) in [4.78, 5) is 12.7. The van der Waals surface area contributed by atoms with Gasteiger partial charge in [0, 0.05) is 16.1 Å². The van der Waals surface area contributed by atoms with Crippen molar-refractivity contribution in [2.24, 2.45) is 5.92 Å². The maximum absolute atomic E-state index is 12.7. The lowest BCUT2D eigenvalue weighted by Gasteiger charge is -2.32. The summed E-state index contributed by atoms with van der Waals surface area (Å²) in [5.41, 5.74) is 1.61. The molecule has 0 fully saturated rings. The van der Waals surface area contributed by atoms with Gasteiger partial charge >= 0.3 is 0 Å². The summed E-state index contributed by atoms with van der Waals surface area (Å²) >= 11 is 6.13. The van der Waals surface area contributed by atoms with Crippen LogP contribution >= 0.6 is 11.6 Å². The minimum Gasteiger partial charge on any atom is -0.302 e. The highest BCUT2D eigenvalue weighted by molar-refractivity contribution is 6.31. The number of halogens is 1. The molecule has 0 aliphatic rings. The Morgan fingerprint density at radius 1 is 1.35 bits per heavy atom. The predicted octanol–water partition coefficient (Wildman–Crippen LogP) is 4.63. The number of carbonyl (C=O) groups excluding carboxylic acids is 1. The average Bonchev–Trinajstić information content (AvgIpc) is 2.38. The highest BCUT2D eigenvalue weighted by Gasteiger charge is 2.28. The highest BCUT2D eigenvalue weighted by atomic mass is 35.5. The Hall–Kier alpha value is -0.860. The second-order valence-corrected chi connectivity index (χ2v) is 6.84. The van der Waals surface area contributed by atoms with Crippen molar-refractivity contribution in [3.63, 3.8) is 0 Å². The maximum Gasteiger partial charge on any atom is 0.180 e. The van der Waals surface area contributed by atoms with Gasteiger partial charge in [0.25, 0.3) is 0 Å². The molecule has 1 aromatic rings. The maximum atomic E-state index is 12.7. The number of carbonyl (C=O) groups is 1. The highest BCUT2D eigenvalue weighted by Crippen LogP contribution is 2.21. The predicted molar refractivity (Wildman–Crippen MR) is 86.7 cm³/mol. The van der Waals surface area contributed by atoms with Crippen LogP contribution in [-0.4, -0.2) is 17.4 Å². The van der Waals surface area contributed by atoms with Crippen LogP contribution < -0.4 is 5.32 Å². The molecule has 2 nitrogen and oxygen atoms in total. The van der Waals surface area contributed by atoms with Crippen molar-refractivity contribution in [3.8, 4) is 0 Å². The SMILES string of the molecule is CCC(C)(C)NC(C(=O)c1ccc(C)c(Cl)c1)C(C)C. The first kappa shape index (κ1) is 17.2. The summed E-state index contributed by atoms with van der Waals surface area (Å²) in [7, 11) is 0. The van der Waals surface area contributed by atoms with E-state index in [9.17, 15) is 4.79 Å². The van der Waals surface area contributed by atoms with Gasteiger partial charge in [0.05, 0.1) is 6.04 Å². The summed E-state index contributed by atoms with van der Waals surface area (Å²) in [5.74, 6) is 0.344. The molecule has 1 rings (SSSR count). The van der Waals surface area contributed by atoms with Gasteiger partial charge in [-0.2, -0.15) is 0 Å². The van der Waals surface area contributed by atoms with Gasteiger partial charge < -0.3 is 5.32 Å². The quantitative estimate of drug-likeness (QED) is 0.775. The third-order valence-corrected chi connectivity index (χ3v) is 4.24. The molecule has 1 N–H and O–H groups in total.